The summed E-state index contributed by atoms with van der Waals surface area (Å²) in [6.07, 6.45) is 3.16. The van der Waals surface area contributed by atoms with E-state index in [1.807, 2.05) is 31.2 Å². The van der Waals surface area contributed by atoms with Gasteiger partial charge in [-0.1, -0.05) is 29.8 Å². The number of benzene rings is 1. The van der Waals surface area contributed by atoms with Crippen LogP contribution in [0.15, 0.2) is 36.7 Å². The molecule has 1 aromatic carbocycles. The van der Waals surface area contributed by atoms with Crippen molar-refractivity contribution < 1.29 is 4.79 Å². The molecule has 21 heavy (non-hydrogen) atoms. The summed E-state index contributed by atoms with van der Waals surface area (Å²) in [7, 11) is 0. The highest BCUT2D eigenvalue weighted by Gasteiger charge is 2.17. The summed E-state index contributed by atoms with van der Waals surface area (Å²) >= 11 is 1.26. The zero-order valence-corrected chi connectivity index (χ0v) is 12.3. The van der Waals surface area contributed by atoms with Crippen LogP contribution in [0.1, 0.15) is 20.8 Å². The fourth-order valence-electron chi connectivity index (χ4n) is 2.10. The third kappa shape index (κ3) is 2.71. The number of fused-ring (bicyclic) bond motifs is 1. The number of nitrogens with zero attached hydrogens (tertiary/aromatic N) is 2. The largest absolute Gasteiger partial charge is 0.396 e. The second-order valence-corrected chi connectivity index (χ2v) is 5.73. The summed E-state index contributed by atoms with van der Waals surface area (Å²) in [5.41, 5.74) is 9.18. The Hall–Kier alpha value is -2.47. The Morgan fingerprint density at radius 1 is 1.33 bits per heavy atom. The molecular formula is C15H14N4OS. The van der Waals surface area contributed by atoms with Crippen LogP contribution in [0.25, 0.3) is 10.3 Å². The lowest BCUT2D eigenvalue weighted by atomic mass is 10.1. The van der Waals surface area contributed by atoms with Crippen LogP contribution in [0, 0.1) is 6.92 Å². The molecule has 3 rings (SSSR count). The van der Waals surface area contributed by atoms with Crippen molar-refractivity contribution in [2.45, 2.75) is 13.5 Å². The van der Waals surface area contributed by atoms with Crippen molar-refractivity contribution in [3.8, 4) is 0 Å². The fourth-order valence-corrected chi connectivity index (χ4v) is 3.04. The Labute approximate surface area is 125 Å². The van der Waals surface area contributed by atoms with Gasteiger partial charge in [0.05, 0.1) is 5.69 Å². The van der Waals surface area contributed by atoms with Gasteiger partial charge in [-0.3, -0.25) is 4.79 Å². The standard InChI is InChI=1S/C15H14N4OS/c1-9-3-2-4-10(7-9)8-19-14(20)13-11(16)12-15(21-13)18-6-5-17-12/h2-7H,8,16H2,1H3,(H,19,20). The number of aryl methyl sites for hydroxylation is 1. The van der Waals surface area contributed by atoms with Gasteiger partial charge in [-0.15, -0.1) is 11.3 Å². The van der Waals surface area contributed by atoms with Crippen LogP contribution in [-0.4, -0.2) is 15.9 Å². The van der Waals surface area contributed by atoms with Crippen LogP contribution >= 0.6 is 11.3 Å². The minimum atomic E-state index is -0.196. The van der Waals surface area contributed by atoms with Crippen LogP contribution < -0.4 is 11.1 Å². The van der Waals surface area contributed by atoms with Crippen molar-refractivity contribution in [2.75, 3.05) is 5.73 Å². The summed E-state index contributed by atoms with van der Waals surface area (Å²) in [5, 5.41) is 2.88. The number of thiophene rings is 1. The molecule has 0 aliphatic heterocycles. The lowest BCUT2D eigenvalue weighted by Gasteiger charge is -2.05. The van der Waals surface area contributed by atoms with E-state index < -0.39 is 0 Å². The van der Waals surface area contributed by atoms with E-state index in [-0.39, 0.29) is 5.91 Å². The lowest BCUT2D eigenvalue weighted by Crippen LogP contribution is -2.22. The molecule has 6 heteroatoms. The maximum atomic E-state index is 12.3. The first-order valence-corrected chi connectivity index (χ1v) is 7.29. The minimum absolute atomic E-state index is 0.196. The average Bonchev–Trinajstić information content (AvgIpc) is 2.83. The maximum absolute atomic E-state index is 12.3. The molecule has 0 bridgehead atoms. The quantitative estimate of drug-likeness (QED) is 0.778. The number of nitrogens with two attached hydrogens (primary N) is 1. The predicted molar refractivity (Wildman–Crippen MR) is 84.2 cm³/mol. The molecule has 0 aliphatic carbocycles. The summed E-state index contributed by atoms with van der Waals surface area (Å²) in [6.45, 7) is 2.49. The van der Waals surface area contributed by atoms with Crippen LogP contribution in [0.2, 0.25) is 0 Å². The third-order valence-electron chi connectivity index (χ3n) is 3.10. The molecule has 2 heterocycles. The molecule has 0 fully saturated rings. The summed E-state index contributed by atoms with van der Waals surface area (Å²) in [4.78, 5) is 21.7. The molecule has 5 nitrogen and oxygen atoms in total. The molecular weight excluding hydrogens is 284 g/mol. The molecule has 106 valence electrons. The van der Waals surface area contributed by atoms with Crippen LogP contribution in [-0.2, 0) is 6.54 Å². The second kappa shape index (κ2) is 5.49. The van der Waals surface area contributed by atoms with Crippen LogP contribution in [0.5, 0.6) is 0 Å². The Balaban J connectivity index is 1.79. The predicted octanol–water partition coefficient (Wildman–Crippen LogP) is 2.51. The SMILES string of the molecule is Cc1cccc(CNC(=O)c2sc3nccnc3c2N)c1. The normalized spacial score (nSPS) is 10.7. The maximum Gasteiger partial charge on any atom is 0.263 e. The molecule has 0 unspecified atom stereocenters. The first-order chi connectivity index (χ1) is 10.1. The van der Waals surface area contributed by atoms with Crippen molar-refractivity contribution in [3.05, 3.63) is 52.7 Å². The smallest absolute Gasteiger partial charge is 0.263 e. The van der Waals surface area contributed by atoms with Gasteiger partial charge in [0.1, 0.15) is 15.2 Å². The Kier molecular flexibility index (Phi) is 3.53. The van der Waals surface area contributed by atoms with E-state index >= 15 is 0 Å². The molecule has 2 aromatic heterocycles. The number of hydrogen-bond donors (Lipinski definition) is 2. The molecule has 3 N–H and O–H groups in total. The highest BCUT2D eigenvalue weighted by molar-refractivity contribution is 7.21. The summed E-state index contributed by atoms with van der Waals surface area (Å²) in [5.74, 6) is -0.196. The first-order valence-electron chi connectivity index (χ1n) is 6.48. The lowest BCUT2D eigenvalue weighted by molar-refractivity contribution is 0.0956. The number of carbonyl (C=O) groups is 1. The molecule has 0 atom stereocenters. The van der Waals surface area contributed by atoms with Crippen LogP contribution in [0.3, 0.4) is 0 Å². The van der Waals surface area contributed by atoms with Crippen LogP contribution in [0.4, 0.5) is 5.69 Å². The number of nitrogen functional groups attached to an aromatic ring is 1. The van der Waals surface area contributed by atoms with E-state index in [9.17, 15) is 4.79 Å². The van der Waals surface area contributed by atoms with E-state index in [2.05, 4.69) is 15.3 Å². The van der Waals surface area contributed by atoms with Gasteiger partial charge in [-0.25, -0.2) is 9.97 Å². The van der Waals surface area contributed by atoms with E-state index in [4.69, 9.17) is 5.73 Å². The van der Waals surface area contributed by atoms with Gasteiger partial charge in [-0.05, 0) is 12.5 Å². The van der Waals surface area contributed by atoms with E-state index in [0.29, 0.717) is 27.5 Å². The zero-order chi connectivity index (χ0) is 14.8. The van der Waals surface area contributed by atoms with Crippen molar-refractivity contribution in [2.24, 2.45) is 0 Å². The Morgan fingerprint density at radius 2 is 2.14 bits per heavy atom. The fraction of sp³-hybridized carbons (Fsp3) is 0.133. The molecule has 0 aliphatic rings. The molecule has 0 radical (unpaired) electrons. The van der Waals surface area contributed by atoms with Crippen molar-refractivity contribution in [1.29, 1.82) is 0 Å². The minimum Gasteiger partial charge on any atom is -0.396 e. The van der Waals surface area contributed by atoms with E-state index in [1.54, 1.807) is 12.4 Å². The van der Waals surface area contributed by atoms with Crippen molar-refractivity contribution >= 4 is 33.3 Å². The molecule has 0 saturated carbocycles. The summed E-state index contributed by atoms with van der Waals surface area (Å²) < 4.78 is 0. The van der Waals surface area contributed by atoms with Crippen molar-refractivity contribution in [3.63, 3.8) is 0 Å². The number of nitrogens with one attached hydrogen (secondary N) is 1. The molecule has 1 amide bonds. The van der Waals surface area contributed by atoms with E-state index in [0.717, 1.165) is 11.1 Å². The van der Waals surface area contributed by atoms with Gasteiger partial charge in [0.15, 0.2) is 0 Å². The number of amides is 1. The second-order valence-electron chi connectivity index (χ2n) is 4.73. The summed E-state index contributed by atoms with van der Waals surface area (Å²) in [6, 6.07) is 8.01. The Morgan fingerprint density at radius 3 is 2.90 bits per heavy atom. The van der Waals surface area contributed by atoms with Gasteiger partial charge in [-0.2, -0.15) is 0 Å². The monoisotopic (exact) mass is 298 g/mol. The van der Waals surface area contributed by atoms with Gasteiger partial charge in [0.25, 0.3) is 5.91 Å². The van der Waals surface area contributed by atoms with Gasteiger partial charge >= 0.3 is 0 Å². The third-order valence-corrected chi connectivity index (χ3v) is 4.21. The number of rotatable bonds is 3. The van der Waals surface area contributed by atoms with E-state index in [1.165, 1.54) is 11.3 Å². The molecule has 0 saturated heterocycles. The number of carbonyl (C=O) groups excluding carboxylic acids is 1. The van der Waals surface area contributed by atoms with Gasteiger partial charge in [0, 0.05) is 18.9 Å². The highest BCUT2D eigenvalue weighted by Crippen LogP contribution is 2.30. The first kappa shape index (κ1) is 13.5. The topological polar surface area (TPSA) is 80.9 Å². The zero-order valence-electron chi connectivity index (χ0n) is 11.5. The highest BCUT2D eigenvalue weighted by atomic mass is 32.1. The number of hydrogen-bond acceptors (Lipinski definition) is 5. The number of anilines is 1. The Bertz CT molecular complexity index is 812. The molecule has 3 aromatic rings. The van der Waals surface area contributed by atoms with Gasteiger partial charge in [0.2, 0.25) is 0 Å². The average molecular weight is 298 g/mol. The molecule has 0 spiro atoms. The number of aromatic nitrogens is 2. The van der Waals surface area contributed by atoms with Gasteiger partial charge < -0.3 is 11.1 Å². The van der Waals surface area contributed by atoms with Crippen molar-refractivity contribution in [1.82, 2.24) is 15.3 Å².